The van der Waals surface area contributed by atoms with Gasteiger partial charge in [0.25, 0.3) is 0 Å². The molecule has 0 bridgehead atoms. The van der Waals surface area contributed by atoms with Gasteiger partial charge in [-0.1, -0.05) is 45.1 Å². The summed E-state index contributed by atoms with van der Waals surface area (Å²) in [4.78, 5) is 0. The van der Waals surface area contributed by atoms with Crippen LogP contribution in [0.1, 0.15) is 81.8 Å². The number of hydrogen-bond acceptors (Lipinski definition) is 4. The van der Waals surface area contributed by atoms with Gasteiger partial charge < -0.3 is 10.1 Å². The van der Waals surface area contributed by atoms with E-state index in [-0.39, 0.29) is 11.5 Å². The van der Waals surface area contributed by atoms with Gasteiger partial charge in [0.1, 0.15) is 15.6 Å². The number of fused-ring (bicyclic) bond motifs is 1. The third-order valence-corrected chi connectivity index (χ3v) is 8.73. The molecule has 2 atom stereocenters. The largest absolute Gasteiger partial charge is 0.494 e. The fourth-order valence-electron chi connectivity index (χ4n) is 5.27. The fraction of sp³-hybridized carbons (Fsp3) is 0.750. The maximum Gasteiger partial charge on any atom is 0.150 e. The van der Waals surface area contributed by atoms with Crippen LogP contribution in [0.3, 0.4) is 0 Å². The number of benzene rings is 1. The number of hydrogen-bond donors (Lipinski definition) is 1. The second kappa shape index (κ2) is 10.8. The molecule has 1 aromatic rings. The number of sulfone groups is 1. The number of ether oxygens (including phenoxy) is 1. The Kier molecular flexibility index (Phi) is 8.43. The second-order valence-electron chi connectivity index (χ2n) is 8.99. The molecule has 0 aromatic heterocycles. The number of nitrogens with one attached hydrogen (secondary N) is 1. The molecule has 0 radical (unpaired) electrons. The third kappa shape index (κ3) is 6.45. The second-order valence-corrected chi connectivity index (χ2v) is 11.3. The van der Waals surface area contributed by atoms with E-state index in [1.165, 1.54) is 56.1 Å². The zero-order valence-electron chi connectivity index (χ0n) is 18.3. The van der Waals surface area contributed by atoms with Gasteiger partial charge in [-0.3, -0.25) is 0 Å². The highest BCUT2D eigenvalue weighted by Crippen LogP contribution is 2.41. The highest BCUT2D eigenvalue weighted by atomic mass is 32.2. The first-order chi connectivity index (χ1) is 14.0. The number of aryl methyl sites for hydroxylation is 1. The molecule has 29 heavy (non-hydrogen) atoms. The Morgan fingerprint density at radius 2 is 1.90 bits per heavy atom. The summed E-state index contributed by atoms with van der Waals surface area (Å²) >= 11 is 0. The van der Waals surface area contributed by atoms with E-state index in [4.69, 9.17) is 4.74 Å². The predicted molar refractivity (Wildman–Crippen MR) is 121 cm³/mol. The molecular formula is C24H39NO3S. The Hall–Kier alpha value is -1.07. The lowest BCUT2D eigenvalue weighted by Gasteiger charge is -2.37. The van der Waals surface area contributed by atoms with Crippen molar-refractivity contribution in [2.24, 2.45) is 5.92 Å². The van der Waals surface area contributed by atoms with Crippen molar-refractivity contribution in [1.29, 1.82) is 0 Å². The summed E-state index contributed by atoms with van der Waals surface area (Å²) in [5, 5.41) is 3.58. The van der Waals surface area contributed by atoms with Crippen molar-refractivity contribution in [1.82, 2.24) is 5.32 Å². The minimum absolute atomic E-state index is 0.220. The van der Waals surface area contributed by atoms with Crippen LogP contribution in [0.2, 0.25) is 0 Å². The van der Waals surface area contributed by atoms with E-state index in [1.807, 2.05) is 6.92 Å². The smallest absolute Gasteiger partial charge is 0.150 e. The van der Waals surface area contributed by atoms with Gasteiger partial charge in [-0.25, -0.2) is 8.42 Å². The van der Waals surface area contributed by atoms with Gasteiger partial charge >= 0.3 is 0 Å². The highest BCUT2D eigenvalue weighted by Gasteiger charge is 2.31. The van der Waals surface area contributed by atoms with Crippen molar-refractivity contribution in [3.05, 3.63) is 29.3 Å². The van der Waals surface area contributed by atoms with Crippen LogP contribution in [0.15, 0.2) is 18.2 Å². The zero-order valence-corrected chi connectivity index (χ0v) is 19.1. The van der Waals surface area contributed by atoms with Crippen molar-refractivity contribution < 1.29 is 13.2 Å². The van der Waals surface area contributed by atoms with E-state index in [0.29, 0.717) is 31.4 Å². The summed E-state index contributed by atoms with van der Waals surface area (Å²) in [6.45, 7) is 2.37. The molecule has 5 heteroatoms. The molecule has 2 aliphatic rings. The van der Waals surface area contributed by atoms with Gasteiger partial charge in [0, 0.05) is 11.8 Å². The van der Waals surface area contributed by atoms with Crippen LogP contribution >= 0.6 is 0 Å². The van der Waals surface area contributed by atoms with Crippen molar-refractivity contribution in [3.8, 4) is 5.75 Å². The summed E-state index contributed by atoms with van der Waals surface area (Å²) in [7, 11) is -0.827. The predicted octanol–water partition coefficient (Wildman–Crippen LogP) is 4.87. The van der Waals surface area contributed by atoms with Crippen LogP contribution in [0.25, 0.3) is 0 Å². The fourth-order valence-corrected chi connectivity index (χ4v) is 6.65. The van der Waals surface area contributed by atoms with Gasteiger partial charge in [-0.2, -0.15) is 0 Å². The van der Waals surface area contributed by atoms with Crippen LogP contribution in [-0.4, -0.2) is 39.6 Å². The van der Waals surface area contributed by atoms with Crippen LogP contribution < -0.4 is 10.1 Å². The molecule has 0 heterocycles. The van der Waals surface area contributed by atoms with Gasteiger partial charge in [0.15, 0.2) is 0 Å². The highest BCUT2D eigenvalue weighted by molar-refractivity contribution is 7.91. The molecule has 2 aliphatic carbocycles. The number of rotatable bonds is 10. The van der Waals surface area contributed by atoms with Crippen LogP contribution in [0, 0.1) is 5.92 Å². The minimum Gasteiger partial charge on any atom is -0.494 e. The monoisotopic (exact) mass is 421 g/mol. The average Bonchev–Trinajstić information content (AvgIpc) is 2.72. The quantitative estimate of drug-likeness (QED) is 0.548. The van der Waals surface area contributed by atoms with E-state index in [2.05, 4.69) is 30.6 Å². The van der Waals surface area contributed by atoms with Crippen molar-refractivity contribution in [2.75, 3.05) is 25.2 Å². The maximum atomic E-state index is 11.9. The molecule has 1 fully saturated rings. The van der Waals surface area contributed by atoms with Gasteiger partial charge in [0.2, 0.25) is 0 Å². The van der Waals surface area contributed by atoms with Crippen molar-refractivity contribution >= 4 is 9.84 Å². The zero-order chi connectivity index (χ0) is 20.7. The molecule has 1 saturated carbocycles. The van der Waals surface area contributed by atoms with E-state index < -0.39 is 9.84 Å². The van der Waals surface area contributed by atoms with Crippen LogP contribution in [0.4, 0.5) is 0 Å². The molecular weight excluding hydrogens is 382 g/mol. The first-order valence-corrected chi connectivity index (χ1v) is 13.5. The summed E-state index contributed by atoms with van der Waals surface area (Å²) in [5.41, 5.74) is 2.92. The summed E-state index contributed by atoms with van der Waals surface area (Å²) in [6, 6.07) is 7.08. The summed E-state index contributed by atoms with van der Waals surface area (Å²) < 4.78 is 29.7. The Balaban J connectivity index is 1.64. The topological polar surface area (TPSA) is 55.4 Å². The Morgan fingerprint density at radius 1 is 1.10 bits per heavy atom. The number of likely N-dealkylation sites (N-methyl/N-ethyl adjacent to an activating group) is 1. The van der Waals surface area contributed by atoms with Crippen molar-refractivity contribution in [3.63, 3.8) is 0 Å². The van der Waals surface area contributed by atoms with E-state index in [0.717, 1.165) is 18.1 Å². The molecule has 4 nitrogen and oxygen atoms in total. The molecule has 0 saturated heterocycles. The molecule has 0 amide bonds. The normalized spacial score (nSPS) is 23.0. The van der Waals surface area contributed by atoms with E-state index >= 15 is 0 Å². The molecule has 3 rings (SSSR count). The molecule has 0 spiro atoms. The Bertz CT molecular complexity index is 740. The lowest BCUT2D eigenvalue weighted by atomic mass is 9.72. The standard InChI is InChI=1S/C24H39NO3S/c1-3-15-29(26,27)16-7-14-28-21-12-10-20-11-13-24(25-2)23(22(20)18-21)17-19-8-5-4-6-9-19/h10,12,18-19,23-25H,3-9,11,13-17H2,1-2H3. The van der Waals surface area contributed by atoms with Crippen LogP contribution in [-0.2, 0) is 16.3 Å². The first kappa shape index (κ1) is 22.6. The lowest BCUT2D eigenvalue weighted by molar-refractivity contribution is 0.278. The van der Waals surface area contributed by atoms with Crippen LogP contribution in [0.5, 0.6) is 5.75 Å². The minimum atomic E-state index is -2.92. The summed E-state index contributed by atoms with van der Waals surface area (Å²) in [6.07, 6.45) is 11.8. The molecule has 1 aromatic carbocycles. The van der Waals surface area contributed by atoms with Gasteiger partial charge in [-0.15, -0.1) is 0 Å². The van der Waals surface area contributed by atoms with E-state index in [1.54, 1.807) is 0 Å². The van der Waals surface area contributed by atoms with Gasteiger partial charge in [-0.05, 0) is 74.2 Å². The SMILES string of the molecule is CCCS(=O)(=O)CCCOc1ccc2c(c1)C(CC1CCCCC1)C(NC)CC2. The molecule has 2 unspecified atom stereocenters. The Morgan fingerprint density at radius 3 is 2.62 bits per heavy atom. The molecule has 164 valence electrons. The lowest BCUT2D eigenvalue weighted by Crippen LogP contribution is -2.37. The average molecular weight is 422 g/mol. The van der Waals surface area contributed by atoms with Crippen molar-refractivity contribution in [2.45, 2.75) is 83.1 Å². The van der Waals surface area contributed by atoms with Gasteiger partial charge in [0.05, 0.1) is 12.4 Å². The third-order valence-electron chi connectivity index (χ3n) is 6.79. The first-order valence-electron chi connectivity index (χ1n) is 11.7. The maximum absolute atomic E-state index is 11.9. The summed E-state index contributed by atoms with van der Waals surface area (Å²) in [5.74, 6) is 2.80. The van der Waals surface area contributed by atoms with E-state index in [9.17, 15) is 8.42 Å². The Labute approximate surface area is 177 Å². The molecule has 1 N–H and O–H groups in total. The molecule has 0 aliphatic heterocycles.